The highest BCUT2D eigenvalue weighted by atomic mass is 35.5. The Morgan fingerprint density at radius 3 is 2.70 bits per heavy atom. The van der Waals surface area contributed by atoms with Crippen molar-refractivity contribution >= 4 is 51.2 Å². The number of hydrogen-bond acceptors (Lipinski definition) is 10. The minimum absolute atomic E-state index is 0.183. The van der Waals surface area contributed by atoms with Gasteiger partial charge in [0.1, 0.15) is 5.82 Å². The number of halogens is 1. The molecule has 9 nitrogen and oxygen atoms in total. The fraction of sp³-hybridized carbons (Fsp3) is 0.520. The van der Waals surface area contributed by atoms with Gasteiger partial charge in [-0.1, -0.05) is 11.6 Å². The number of aliphatic carboxylic acids is 1. The van der Waals surface area contributed by atoms with Gasteiger partial charge in [-0.15, -0.1) is 22.7 Å². The Morgan fingerprint density at radius 1 is 1.22 bits per heavy atom. The molecule has 5 heterocycles. The quantitative estimate of drug-likeness (QED) is 0.370. The second-order valence-electron chi connectivity index (χ2n) is 9.57. The third kappa shape index (κ3) is 6.77. The van der Waals surface area contributed by atoms with Crippen LogP contribution in [0.4, 0.5) is 10.9 Å². The number of carboxylic acids is 1. The van der Waals surface area contributed by atoms with Gasteiger partial charge in [0, 0.05) is 55.6 Å². The third-order valence-electron chi connectivity index (χ3n) is 6.99. The molecule has 12 heteroatoms. The van der Waals surface area contributed by atoms with Crippen molar-refractivity contribution in [2.24, 2.45) is 0 Å². The van der Waals surface area contributed by atoms with Crippen LogP contribution in [-0.2, 0) is 17.9 Å². The molecule has 3 aromatic rings. The topological polar surface area (TPSA) is 97.7 Å². The molecule has 198 valence electrons. The van der Waals surface area contributed by atoms with Crippen LogP contribution in [0.1, 0.15) is 36.8 Å². The number of nitrogens with zero attached hydrogens (tertiary/aromatic N) is 6. The molecule has 3 aromatic heterocycles. The maximum atomic E-state index is 10.8. The summed E-state index contributed by atoms with van der Waals surface area (Å²) in [6.45, 7) is 8.78. The summed E-state index contributed by atoms with van der Waals surface area (Å²) in [6, 6.07) is 2.60. The first-order valence-electron chi connectivity index (χ1n) is 12.7. The Hall–Kier alpha value is -2.31. The Balaban J connectivity index is 1.19. The summed E-state index contributed by atoms with van der Waals surface area (Å²) in [5.74, 6) is 0.106. The fourth-order valence-corrected chi connectivity index (χ4v) is 6.95. The van der Waals surface area contributed by atoms with Gasteiger partial charge in [-0.05, 0) is 32.4 Å². The van der Waals surface area contributed by atoms with Gasteiger partial charge >= 0.3 is 5.97 Å². The molecular weight excluding hydrogens is 530 g/mol. The molecule has 2 fully saturated rings. The maximum Gasteiger partial charge on any atom is 0.304 e. The number of likely N-dealkylation sites (tertiary alicyclic amines) is 1. The highest BCUT2D eigenvalue weighted by Gasteiger charge is 2.24. The minimum Gasteiger partial charge on any atom is -0.481 e. The molecule has 0 aromatic carbocycles. The van der Waals surface area contributed by atoms with Crippen molar-refractivity contribution in [2.75, 3.05) is 49.5 Å². The van der Waals surface area contributed by atoms with E-state index in [1.165, 1.54) is 17.7 Å². The number of rotatable bonds is 10. The molecule has 0 unspecified atom stereocenters. The van der Waals surface area contributed by atoms with Crippen LogP contribution in [0.5, 0.6) is 0 Å². The summed E-state index contributed by atoms with van der Waals surface area (Å²) >= 11 is 9.56. The average Bonchev–Trinajstić information content (AvgIpc) is 3.62. The van der Waals surface area contributed by atoms with Crippen LogP contribution in [0.2, 0.25) is 5.02 Å². The third-order valence-corrected chi connectivity index (χ3v) is 9.27. The van der Waals surface area contributed by atoms with E-state index in [0.29, 0.717) is 19.1 Å². The normalized spacial score (nSPS) is 19.0. The van der Waals surface area contributed by atoms with Crippen molar-refractivity contribution in [1.29, 1.82) is 0 Å². The number of thiazole rings is 1. The highest BCUT2D eigenvalue weighted by molar-refractivity contribution is 7.17. The smallest absolute Gasteiger partial charge is 0.304 e. The predicted octanol–water partition coefficient (Wildman–Crippen LogP) is 4.51. The van der Waals surface area contributed by atoms with Gasteiger partial charge in [0.2, 0.25) is 0 Å². The molecule has 0 amide bonds. The summed E-state index contributed by atoms with van der Waals surface area (Å²) in [5, 5.41) is 15.9. The van der Waals surface area contributed by atoms with Crippen LogP contribution < -0.4 is 10.2 Å². The predicted molar refractivity (Wildman–Crippen MR) is 150 cm³/mol. The molecule has 2 saturated heterocycles. The van der Waals surface area contributed by atoms with E-state index in [-0.39, 0.29) is 6.42 Å². The van der Waals surface area contributed by atoms with Crippen molar-refractivity contribution < 1.29 is 9.90 Å². The Labute approximate surface area is 230 Å². The van der Waals surface area contributed by atoms with E-state index >= 15 is 0 Å². The standard InChI is InChI=1S/C25H32ClN7O2S2/c1-17-3-2-5-33(17)15-21-24(20-11-18(26)16-36-20)30-25(37-21)29-13-19-12-28-22(14-27-19)32-9-7-31(8-10-32)6-4-23(34)35/h11-12,14,16-17H,2-10,13,15H2,1H3,(H,29,30)(H,34,35)/t17-/m1/s1. The van der Waals surface area contributed by atoms with Gasteiger partial charge in [-0.25, -0.2) is 9.97 Å². The number of piperazine rings is 1. The average molecular weight is 562 g/mol. The summed E-state index contributed by atoms with van der Waals surface area (Å²) < 4.78 is 0. The van der Waals surface area contributed by atoms with Gasteiger partial charge in [0.25, 0.3) is 0 Å². The molecule has 2 aliphatic heterocycles. The lowest BCUT2D eigenvalue weighted by molar-refractivity contribution is -0.137. The molecule has 2 aliphatic rings. The largest absolute Gasteiger partial charge is 0.481 e. The number of carbonyl (C=O) groups is 1. The van der Waals surface area contributed by atoms with E-state index in [2.05, 4.69) is 36.9 Å². The molecule has 0 bridgehead atoms. The molecule has 2 N–H and O–H groups in total. The zero-order chi connectivity index (χ0) is 25.8. The molecular formula is C25H32ClN7O2S2. The lowest BCUT2D eigenvalue weighted by Gasteiger charge is -2.34. The van der Waals surface area contributed by atoms with Crippen LogP contribution in [0.15, 0.2) is 23.8 Å². The SMILES string of the molecule is C[C@@H]1CCCN1Cc1sc(NCc2cnc(N3CCN(CCC(=O)O)CC3)cn2)nc1-c1cc(Cl)cs1. The van der Waals surface area contributed by atoms with Crippen molar-refractivity contribution in [3.05, 3.63) is 39.4 Å². The van der Waals surface area contributed by atoms with E-state index in [9.17, 15) is 4.79 Å². The van der Waals surface area contributed by atoms with E-state index in [4.69, 9.17) is 21.7 Å². The molecule has 1 atom stereocenters. The van der Waals surface area contributed by atoms with Crippen molar-refractivity contribution in [1.82, 2.24) is 24.8 Å². The molecule has 5 rings (SSSR count). The van der Waals surface area contributed by atoms with Crippen molar-refractivity contribution in [3.8, 4) is 10.6 Å². The maximum absolute atomic E-state index is 10.8. The Bertz CT molecular complexity index is 1190. The van der Waals surface area contributed by atoms with Gasteiger partial charge in [-0.2, -0.15) is 0 Å². The van der Waals surface area contributed by atoms with Gasteiger partial charge < -0.3 is 15.3 Å². The molecule has 0 radical (unpaired) electrons. The van der Waals surface area contributed by atoms with Crippen LogP contribution in [0.25, 0.3) is 10.6 Å². The highest BCUT2D eigenvalue weighted by Crippen LogP contribution is 2.37. The van der Waals surface area contributed by atoms with E-state index in [1.807, 2.05) is 23.8 Å². The zero-order valence-corrected chi connectivity index (χ0v) is 23.3. The van der Waals surface area contributed by atoms with Gasteiger partial charge in [-0.3, -0.25) is 19.6 Å². The van der Waals surface area contributed by atoms with Crippen molar-refractivity contribution in [3.63, 3.8) is 0 Å². The van der Waals surface area contributed by atoms with Crippen LogP contribution >= 0.6 is 34.3 Å². The lowest BCUT2D eigenvalue weighted by atomic mass is 10.2. The molecule has 37 heavy (non-hydrogen) atoms. The first kappa shape index (κ1) is 26.3. The first-order valence-corrected chi connectivity index (χ1v) is 14.7. The zero-order valence-electron chi connectivity index (χ0n) is 20.9. The summed E-state index contributed by atoms with van der Waals surface area (Å²) in [7, 11) is 0. The summed E-state index contributed by atoms with van der Waals surface area (Å²) in [6.07, 6.45) is 6.33. The summed E-state index contributed by atoms with van der Waals surface area (Å²) in [5.41, 5.74) is 1.88. The number of nitrogens with one attached hydrogen (secondary N) is 1. The monoisotopic (exact) mass is 561 g/mol. The number of anilines is 2. The number of hydrogen-bond donors (Lipinski definition) is 2. The number of thiophene rings is 1. The number of carboxylic acid groups (broad SMARTS) is 1. The van der Waals surface area contributed by atoms with E-state index in [1.54, 1.807) is 22.7 Å². The lowest BCUT2D eigenvalue weighted by Crippen LogP contribution is -2.47. The van der Waals surface area contributed by atoms with E-state index < -0.39 is 5.97 Å². The van der Waals surface area contributed by atoms with Crippen LogP contribution in [-0.4, -0.2) is 81.1 Å². The molecule has 0 saturated carbocycles. The first-order chi connectivity index (χ1) is 17.9. The second-order valence-corrected chi connectivity index (χ2v) is 12.0. The number of aromatic nitrogens is 3. The van der Waals surface area contributed by atoms with Gasteiger partial charge in [0.05, 0.1) is 46.6 Å². The molecule has 0 spiro atoms. The van der Waals surface area contributed by atoms with Crippen LogP contribution in [0, 0.1) is 0 Å². The summed E-state index contributed by atoms with van der Waals surface area (Å²) in [4.78, 5) is 34.3. The second kappa shape index (κ2) is 12.0. The van der Waals surface area contributed by atoms with Crippen molar-refractivity contribution in [2.45, 2.75) is 45.3 Å². The molecule has 0 aliphatic carbocycles. The van der Waals surface area contributed by atoms with Gasteiger partial charge in [0.15, 0.2) is 5.13 Å². The Kier molecular flexibility index (Phi) is 8.56. The van der Waals surface area contributed by atoms with Crippen LogP contribution in [0.3, 0.4) is 0 Å². The fourth-order valence-electron chi connectivity index (χ4n) is 4.80. The van der Waals surface area contributed by atoms with E-state index in [0.717, 1.165) is 71.5 Å². The minimum atomic E-state index is -0.750. The Morgan fingerprint density at radius 2 is 2.05 bits per heavy atom.